The van der Waals surface area contributed by atoms with Gasteiger partial charge in [-0.3, -0.25) is 4.79 Å². The van der Waals surface area contributed by atoms with Crippen molar-refractivity contribution in [2.75, 3.05) is 7.11 Å². The van der Waals surface area contributed by atoms with Gasteiger partial charge in [-0.2, -0.15) is 0 Å². The number of fused-ring (bicyclic) bond motifs is 1. The van der Waals surface area contributed by atoms with Crippen LogP contribution in [0.3, 0.4) is 0 Å². The lowest BCUT2D eigenvalue weighted by molar-refractivity contribution is -0.115. The van der Waals surface area contributed by atoms with Crippen LogP contribution >= 0.6 is 0 Å². The van der Waals surface area contributed by atoms with Crippen LogP contribution in [0.4, 0.5) is 0 Å². The molecule has 4 atom stereocenters. The fourth-order valence-electron chi connectivity index (χ4n) is 4.91. The minimum atomic E-state index is -1.86. The number of allylic oxidation sites excluding steroid dienone is 2. The van der Waals surface area contributed by atoms with Gasteiger partial charge in [-0.05, 0) is 60.8 Å². The monoisotopic (exact) mass is 450 g/mol. The van der Waals surface area contributed by atoms with Crippen molar-refractivity contribution in [1.82, 2.24) is 0 Å². The molecule has 0 aromatic heterocycles. The first-order chi connectivity index (χ1) is 13.7. The highest BCUT2D eigenvalue weighted by Crippen LogP contribution is 2.52. The third-order valence-corrected chi connectivity index (χ3v) is 14.2. The summed E-state index contributed by atoms with van der Waals surface area (Å²) in [6.45, 7) is 20.8. The number of carbonyl (C=O) groups excluding carboxylic acids is 1. The van der Waals surface area contributed by atoms with E-state index in [2.05, 4.69) is 72.6 Å². The molecular formula is C25H46O3Si2. The van der Waals surface area contributed by atoms with Gasteiger partial charge in [-0.1, -0.05) is 65.1 Å². The second kappa shape index (κ2) is 9.55. The highest BCUT2D eigenvalue weighted by atomic mass is 28.4. The number of Topliss-reactive ketones (excluding diaryl/α,β-unsaturated/α-hetero) is 1. The molecule has 30 heavy (non-hydrogen) atoms. The molecule has 0 aromatic carbocycles. The molecule has 2 aliphatic rings. The van der Waals surface area contributed by atoms with Gasteiger partial charge in [0.05, 0.1) is 20.3 Å². The Morgan fingerprint density at radius 2 is 1.73 bits per heavy atom. The predicted octanol–water partition coefficient (Wildman–Crippen LogP) is 6.92. The van der Waals surface area contributed by atoms with Crippen LogP contribution in [0.25, 0.3) is 0 Å². The smallest absolute Gasteiger partial charge is 0.192 e. The van der Waals surface area contributed by atoms with E-state index < -0.39 is 16.4 Å². The molecule has 0 aromatic rings. The summed E-state index contributed by atoms with van der Waals surface area (Å²) in [5.41, 5.74) is 1.46. The fourth-order valence-corrected chi connectivity index (χ4v) is 8.47. The first kappa shape index (κ1) is 25.8. The van der Waals surface area contributed by atoms with Crippen molar-refractivity contribution in [3.8, 4) is 0 Å². The van der Waals surface area contributed by atoms with Gasteiger partial charge in [0.1, 0.15) is 0 Å². The van der Waals surface area contributed by atoms with E-state index in [0.29, 0.717) is 30.1 Å². The minimum Gasteiger partial charge on any atom is -0.413 e. The topological polar surface area (TPSA) is 35.5 Å². The molecule has 2 rings (SSSR count). The average molecular weight is 451 g/mol. The first-order valence-electron chi connectivity index (χ1n) is 11.8. The summed E-state index contributed by atoms with van der Waals surface area (Å²) in [5, 5.41) is 1.43. The van der Waals surface area contributed by atoms with Crippen molar-refractivity contribution < 1.29 is 14.0 Å². The van der Waals surface area contributed by atoms with Crippen LogP contribution in [0.15, 0.2) is 22.9 Å². The Kier molecular flexibility index (Phi) is 8.21. The second-order valence-electron chi connectivity index (χ2n) is 11.9. The van der Waals surface area contributed by atoms with E-state index in [1.54, 1.807) is 7.11 Å². The lowest BCUT2D eigenvalue weighted by Gasteiger charge is -2.40. The summed E-state index contributed by atoms with van der Waals surface area (Å²) < 4.78 is 12.5. The molecule has 2 aliphatic carbocycles. The zero-order valence-electron chi connectivity index (χ0n) is 21.2. The van der Waals surface area contributed by atoms with E-state index in [0.717, 1.165) is 25.7 Å². The van der Waals surface area contributed by atoms with E-state index in [1.807, 2.05) is 0 Å². The maximum atomic E-state index is 12.9. The van der Waals surface area contributed by atoms with E-state index in [9.17, 15) is 4.79 Å². The summed E-state index contributed by atoms with van der Waals surface area (Å²) >= 11 is 0. The summed E-state index contributed by atoms with van der Waals surface area (Å²) in [6, 6.07) is 0. The van der Waals surface area contributed by atoms with Gasteiger partial charge in [0, 0.05) is 13.5 Å². The van der Waals surface area contributed by atoms with Crippen molar-refractivity contribution in [3.05, 3.63) is 22.9 Å². The predicted molar refractivity (Wildman–Crippen MR) is 133 cm³/mol. The first-order valence-corrected chi connectivity index (χ1v) is 18.3. The molecule has 0 aliphatic heterocycles. The number of rotatable bonds is 9. The lowest BCUT2D eigenvalue weighted by atomic mass is 9.89. The number of carbonyl (C=O) groups is 1. The Balaban J connectivity index is 2.28. The van der Waals surface area contributed by atoms with E-state index in [-0.39, 0.29) is 11.1 Å². The number of hydrogen-bond acceptors (Lipinski definition) is 3. The standard InChI is InChI=1S/C25H46O3Si2/c1-11-18(27-5)14-12-13-15-19-20-16-22(26)24(29(6,7)8)21(20)17-23(19)28-30(9,10)25(2,3)4/h12-13,18-20,23H,11,14-17H2,1-10H3/b13-12-/t18-,19-,20-,23+/m0/s1. The van der Waals surface area contributed by atoms with Crippen LogP contribution < -0.4 is 0 Å². The van der Waals surface area contributed by atoms with Crippen LogP contribution in [0.5, 0.6) is 0 Å². The normalized spacial score (nSPS) is 26.7. The van der Waals surface area contributed by atoms with Gasteiger partial charge < -0.3 is 9.16 Å². The molecule has 0 radical (unpaired) electrons. The highest BCUT2D eigenvalue weighted by molar-refractivity contribution is 6.87. The molecule has 0 saturated heterocycles. The van der Waals surface area contributed by atoms with Crippen molar-refractivity contribution >= 4 is 22.2 Å². The average Bonchev–Trinajstić information content (AvgIpc) is 3.07. The number of ketones is 1. The van der Waals surface area contributed by atoms with E-state index in [4.69, 9.17) is 9.16 Å². The minimum absolute atomic E-state index is 0.198. The fraction of sp³-hybridized carbons (Fsp3) is 0.800. The molecule has 5 heteroatoms. The van der Waals surface area contributed by atoms with Crippen LogP contribution in [0.2, 0.25) is 37.8 Å². The summed E-state index contributed by atoms with van der Waals surface area (Å²) in [4.78, 5) is 12.9. The van der Waals surface area contributed by atoms with Crippen LogP contribution in [0, 0.1) is 11.8 Å². The molecule has 3 nitrogen and oxygen atoms in total. The maximum absolute atomic E-state index is 12.9. The maximum Gasteiger partial charge on any atom is 0.192 e. The quantitative estimate of drug-likeness (QED) is 0.282. The molecule has 0 amide bonds. The number of ether oxygens (including phenoxy) is 1. The van der Waals surface area contributed by atoms with Crippen molar-refractivity contribution in [1.29, 1.82) is 0 Å². The van der Waals surface area contributed by atoms with Gasteiger partial charge in [0.2, 0.25) is 0 Å². The van der Waals surface area contributed by atoms with Gasteiger partial charge in [-0.15, -0.1) is 0 Å². The molecule has 0 N–H and O–H groups in total. The van der Waals surface area contributed by atoms with E-state index in [1.165, 1.54) is 10.8 Å². The third-order valence-electron chi connectivity index (χ3n) is 7.63. The lowest BCUT2D eigenvalue weighted by Crippen LogP contribution is -2.45. The molecule has 1 fully saturated rings. The van der Waals surface area contributed by atoms with Gasteiger partial charge in [0.25, 0.3) is 0 Å². The van der Waals surface area contributed by atoms with Crippen molar-refractivity contribution in [2.24, 2.45) is 11.8 Å². The number of methoxy groups -OCH3 is 1. The van der Waals surface area contributed by atoms with Gasteiger partial charge in [-0.25, -0.2) is 0 Å². The molecule has 0 heterocycles. The Morgan fingerprint density at radius 1 is 1.10 bits per heavy atom. The van der Waals surface area contributed by atoms with Crippen molar-refractivity contribution in [2.45, 2.75) is 110 Å². The van der Waals surface area contributed by atoms with E-state index >= 15 is 0 Å². The molecular weight excluding hydrogens is 404 g/mol. The summed E-state index contributed by atoms with van der Waals surface area (Å²) in [6.07, 6.45) is 9.82. The second-order valence-corrected chi connectivity index (χ2v) is 21.6. The van der Waals surface area contributed by atoms with Gasteiger partial charge in [0.15, 0.2) is 14.1 Å². The summed E-state index contributed by atoms with van der Waals surface area (Å²) in [5.74, 6) is 1.24. The largest absolute Gasteiger partial charge is 0.413 e. The molecule has 0 bridgehead atoms. The SMILES string of the molecule is CC[C@@H](C/C=C\C[C@H]1[C@@H]2CC(=O)C([Si](C)(C)C)=C2C[C@H]1O[Si](C)(C)C(C)(C)C)OC. The third kappa shape index (κ3) is 5.64. The Hall–Kier alpha value is -0.496. The Bertz CT molecular complexity index is 675. The van der Waals surface area contributed by atoms with Crippen LogP contribution in [-0.4, -0.2) is 41.5 Å². The Morgan fingerprint density at radius 3 is 2.23 bits per heavy atom. The Labute approximate surface area is 187 Å². The molecule has 1 saturated carbocycles. The summed E-state index contributed by atoms with van der Waals surface area (Å²) in [7, 11) is -1.71. The van der Waals surface area contributed by atoms with Crippen LogP contribution in [-0.2, 0) is 14.0 Å². The molecule has 172 valence electrons. The highest BCUT2D eigenvalue weighted by Gasteiger charge is 2.51. The number of hydrogen-bond donors (Lipinski definition) is 0. The zero-order valence-corrected chi connectivity index (χ0v) is 23.2. The zero-order chi connectivity index (χ0) is 22.9. The van der Waals surface area contributed by atoms with Crippen LogP contribution in [0.1, 0.15) is 59.8 Å². The molecule has 0 unspecified atom stereocenters. The molecule has 0 spiro atoms. The van der Waals surface area contributed by atoms with Crippen molar-refractivity contribution in [3.63, 3.8) is 0 Å². The van der Waals surface area contributed by atoms with Gasteiger partial charge >= 0.3 is 0 Å².